The molecule has 21 heavy (non-hydrogen) atoms. The molecular formula is C17H20BrNO2. The highest BCUT2D eigenvalue weighted by Crippen LogP contribution is 2.35. The van der Waals surface area contributed by atoms with Crippen LogP contribution in [-0.4, -0.2) is 13.2 Å². The number of hydrogen-bond acceptors (Lipinski definition) is 3. The Bertz CT molecular complexity index is 596. The van der Waals surface area contributed by atoms with Gasteiger partial charge in [-0.1, -0.05) is 31.2 Å². The van der Waals surface area contributed by atoms with E-state index in [1.807, 2.05) is 12.1 Å². The quantitative estimate of drug-likeness (QED) is 0.868. The Morgan fingerprint density at radius 2 is 2.14 bits per heavy atom. The van der Waals surface area contributed by atoms with Gasteiger partial charge in [0.1, 0.15) is 5.76 Å². The molecule has 2 heterocycles. The number of halogens is 1. The fraction of sp³-hybridized carbons (Fsp3) is 0.412. The van der Waals surface area contributed by atoms with Gasteiger partial charge in [-0.2, -0.15) is 0 Å². The zero-order valence-corrected chi connectivity index (χ0v) is 13.7. The fourth-order valence-electron chi connectivity index (χ4n) is 2.95. The first-order valence-corrected chi connectivity index (χ1v) is 8.25. The van der Waals surface area contributed by atoms with E-state index in [1.54, 1.807) is 0 Å². The van der Waals surface area contributed by atoms with Crippen LogP contribution in [0.3, 0.4) is 0 Å². The zero-order chi connectivity index (χ0) is 14.7. The second-order valence-corrected chi connectivity index (χ2v) is 6.08. The molecule has 0 fully saturated rings. The van der Waals surface area contributed by atoms with Gasteiger partial charge in [0.2, 0.25) is 0 Å². The van der Waals surface area contributed by atoms with Crippen molar-refractivity contribution in [3.8, 4) is 0 Å². The van der Waals surface area contributed by atoms with Crippen LogP contribution < -0.4 is 5.32 Å². The molecule has 3 nitrogen and oxygen atoms in total. The summed E-state index contributed by atoms with van der Waals surface area (Å²) in [7, 11) is 0. The van der Waals surface area contributed by atoms with E-state index in [-0.39, 0.29) is 12.1 Å². The maximum absolute atomic E-state index is 6.02. The van der Waals surface area contributed by atoms with Crippen LogP contribution >= 0.6 is 15.9 Å². The maximum Gasteiger partial charge on any atom is 0.169 e. The first-order valence-electron chi connectivity index (χ1n) is 7.46. The number of nitrogens with one attached hydrogen (secondary N) is 1. The van der Waals surface area contributed by atoms with Crippen LogP contribution in [-0.2, 0) is 11.2 Å². The average Bonchev–Trinajstić information content (AvgIpc) is 2.94. The van der Waals surface area contributed by atoms with Gasteiger partial charge in [0.25, 0.3) is 0 Å². The smallest absolute Gasteiger partial charge is 0.169 e. The van der Waals surface area contributed by atoms with E-state index in [0.717, 1.165) is 36.4 Å². The molecule has 2 unspecified atom stereocenters. The summed E-state index contributed by atoms with van der Waals surface area (Å²) in [6.07, 6.45) is 2.01. The van der Waals surface area contributed by atoms with Crippen LogP contribution in [0.1, 0.15) is 42.4 Å². The van der Waals surface area contributed by atoms with E-state index in [1.165, 1.54) is 11.1 Å². The minimum atomic E-state index is 0.128. The molecule has 0 aliphatic carbocycles. The molecule has 4 heteroatoms. The largest absolute Gasteiger partial charge is 0.453 e. The van der Waals surface area contributed by atoms with Crippen molar-refractivity contribution < 1.29 is 9.15 Å². The van der Waals surface area contributed by atoms with Gasteiger partial charge in [-0.25, -0.2) is 0 Å². The Balaban J connectivity index is 1.80. The van der Waals surface area contributed by atoms with E-state index in [2.05, 4.69) is 52.4 Å². The minimum Gasteiger partial charge on any atom is -0.453 e. The molecule has 0 spiro atoms. The highest BCUT2D eigenvalue weighted by atomic mass is 79.9. The number of hydrogen-bond donors (Lipinski definition) is 1. The fourth-order valence-corrected chi connectivity index (χ4v) is 3.27. The van der Waals surface area contributed by atoms with Crippen LogP contribution in [0.4, 0.5) is 0 Å². The zero-order valence-electron chi connectivity index (χ0n) is 12.1. The Hall–Kier alpha value is -1.10. The summed E-state index contributed by atoms with van der Waals surface area (Å²) in [5.41, 5.74) is 2.72. The molecule has 0 saturated heterocycles. The minimum absolute atomic E-state index is 0.128. The van der Waals surface area contributed by atoms with E-state index < -0.39 is 0 Å². The van der Waals surface area contributed by atoms with E-state index in [4.69, 9.17) is 9.15 Å². The Morgan fingerprint density at radius 1 is 1.29 bits per heavy atom. The Morgan fingerprint density at radius 3 is 2.90 bits per heavy atom. The van der Waals surface area contributed by atoms with Crippen molar-refractivity contribution >= 4 is 15.9 Å². The van der Waals surface area contributed by atoms with E-state index in [9.17, 15) is 0 Å². The second-order valence-electron chi connectivity index (χ2n) is 5.30. The van der Waals surface area contributed by atoms with Gasteiger partial charge in [0.15, 0.2) is 4.67 Å². The molecule has 1 aliphatic rings. The molecule has 1 aromatic heterocycles. The molecule has 0 saturated carbocycles. The molecule has 1 aliphatic heterocycles. The van der Waals surface area contributed by atoms with Crippen LogP contribution in [0.2, 0.25) is 0 Å². The number of rotatable bonds is 5. The number of ether oxygens (including phenoxy) is 1. The van der Waals surface area contributed by atoms with Gasteiger partial charge in [0.05, 0.1) is 18.8 Å². The van der Waals surface area contributed by atoms with Gasteiger partial charge in [-0.05, 0) is 52.2 Å². The molecule has 0 bridgehead atoms. The van der Waals surface area contributed by atoms with Crippen molar-refractivity contribution in [3.63, 3.8) is 0 Å². The van der Waals surface area contributed by atoms with Crippen LogP contribution in [0, 0.1) is 0 Å². The molecule has 2 atom stereocenters. The first-order chi connectivity index (χ1) is 10.3. The first kappa shape index (κ1) is 14.8. The predicted octanol–water partition coefficient (Wildman–Crippen LogP) is 4.40. The van der Waals surface area contributed by atoms with Crippen molar-refractivity contribution in [3.05, 3.63) is 58.0 Å². The predicted molar refractivity (Wildman–Crippen MR) is 86.3 cm³/mol. The molecule has 3 rings (SSSR count). The number of furan rings is 1. The van der Waals surface area contributed by atoms with Crippen molar-refractivity contribution in [1.82, 2.24) is 5.32 Å². The second kappa shape index (κ2) is 6.77. The van der Waals surface area contributed by atoms with E-state index >= 15 is 0 Å². The summed E-state index contributed by atoms with van der Waals surface area (Å²) in [5.74, 6) is 0.954. The standard InChI is InChI=1S/C17H20BrNO2/c1-2-19-14(15-7-8-17(18)21-15)11-16-13-6-4-3-5-12(13)9-10-20-16/h3-8,14,16,19H,2,9-11H2,1H3. The van der Waals surface area contributed by atoms with Crippen LogP contribution in [0.25, 0.3) is 0 Å². The topological polar surface area (TPSA) is 34.4 Å². The lowest BCUT2D eigenvalue weighted by atomic mass is 9.93. The van der Waals surface area contributed by atoms with Crippen LogP contribution in [0.5, 0.6) is 0 Å². The van der Waals surface area contributed by atoms with Crippen molar-refractivity contribution in [1.29, 1.82) is 0 Å². The van der Waals surface area contributed by atoms with Crippen molar-refractivity contribution in [2.24, 2.45) is 0 Å². The van der Waals surface area contributed by atoms with Crippen molar-refractivity contribution in [2.45, 2.75) is 31.9 Å². The monoisotopic (exact) mass is 349 g/mol. The summed E-state index contributed by atoms with van der Waals surface area (Å²) >= 11 is 3.38. The summed E-state index contributed by atoms with van der Waals surface area (Å²) in [6, 6.07) is 12.7. The highest BCUT2D eigenvalue weighted by Gasteiger charge is 2.26. The SMILES string of the molecule is CCNC(CC1OCCc2ccccc21)c1ccc(Br)o1. The lowest BCUT2D eigenvalue weighted by Crippen LogP contribution is -2.25. The molecule has 1 N–H and O–H groups in total. The molecule has 1 aromatic carbocycles. The van der Waals surface area contributed by atoms with Gasteiger partial charge >= 0.3 is 0 Å². The highest BCUT2D eigenvalue weighted by molar-refractivity contribution is 9.10. The lowest BCUT2D eigenvalue weighted by Gasteiger charge is -2.29. The summed E-state index contributed by atoms with van der Waals surface area (Å²) in [6.45, 7) is 3.81. The molecular weight excluding hydrogens is 330 g/mol. The summed E-state index contributed by atoms with van der Waals surface area (Å²) in [4.78, 5) is 0. The molecule has 112 valence electrons. The number of benzene rings is 1. The molecule has 2 aromatic rings. The Labute approximate surface area is 133 Å². The Kier molecular flexibility index (Phi) is 4.78. The summed E-state index contributed by atoms with van der Waals surface area (Å²) < 4.78 is 12.5. The maximum atomic E-state index is 6.02. The van der Waals surface area contributed by atoms with Gasteiger partial charge in [-0.15, -0.1) is 0 Å². The third-order valence-electron chi connectivity index (χ3n) is 3.93. The lowest BCUT2D eigenvalue weighted by molar-refractivity contribution is 0.0277. The molecule has 0 radical (unpaired) electrons. The van der Waals surface area contributed by atoms with Gasteiger partial charge < -0.3 is 14.5 Å². The van der Waals surface area contributed by atoms with Gasteiger partial charge in [-0.3, -0.25) is 0 Å². The summed E-state index contributed by atoms with van der Waals surface area (Å²) in [5, 5.41) is 3.50. The van der Waals surface area contributed by atoms with E-state index in [0.29, 0.717) is 0 Å². The van der Waals surface area contributed by atoms with Crippen LogP contribution in [0.15, 0.2) is 45.5 Å². The molecule has 0 amide bonds. The van der Waals surface area contributed by atoms with Crippen molar-refractivity contribution in [2.75, 3.05) is 13.2 Å². The third-order valence-corrected chi connectivity index (χ3v) is 4.36. The van der Waals surface area contributed by atoms with Gasteiger partial charge in [0, 0.05) is 6.42 Å². The number of fused-ring (bicyclic) bond motifs is 1. The third kappa shape index (κ3) is 3.39. The normalized spacial score (nSPS) is 19.2. The average molecular weight is 350 g/mol.